The summed E-state index contributed by atoms with van der Waals surface area (Å²) in [6, 6.07) is 9.49. The largest absolute Gasteiger partial charge is 0.310 e. The molecule has 4 nitrogen and oxygen atoms in total. The van der Waals surface area contributed by atoms with E-state index in [1.165, 1.54) is 0 Å². The van der Waals surface area contributed by atoms with Gasteiger partial charge < -0.3 is 4.90 Å². The summed E-state index contributed by atoms with van der Waals surface area (Å²) >= 11 is 0. The lowest BCUT2D eigenvalue weighted by Crippen LogP contribution is -2.52. The molecule has 0 saturated carbocycles. The Labute approximate surface area is 75.9 Å². The molecule has 13 heavy (non-hydrogen) atoms. The number of nitro groups is 1. The Hall–Kier alpha value is -1.58. The highest BCUT2D eigenvalue weighted by Gasteiger charge is 2.37. The second-order valence-corrected chi connectivity index (χ2v) is 3.08. The van der Waals surface area contributed by atoms with Gasteiger partial charge in [-0.2, -0.15) is 0 Å². The first-order chi connectivity index (χ1) is 6.29. The Bertz CT molecular complexity index is 313. The molecule has 1 aliphatic rings. The number of hydrogen-bond acceptors (Lipinski definition) is 3. The maximum atomic E-state index is 10.5. The summed E-state index contributed by atoms with van der Waals surface area (Å²) in [5.41, 5.74) is 0.940. The molecule has 4 heteroatoms. The third-order valence-corrected chi connectivity index (χ3v) is 2.32. The summed E-state index contributed by atoms with van der Waals surface area (Å²) in [6.07, 6.45) is 0.143. The van der Waals surface area contributed by atoms with E-state index in [0.717, 1.165) is 12.2 Å². The van der Waals surface area contributed by atoms with E-state index < -0.39 is 6.17 Å². The Morgan fingerprint density at radius 1 is 1.38 bits per heavy atom. The van der Waals surface area contributed by atoms with E-state index in [1.807, 2.05) is 30.3 Å². The molecule has 1 unspecified atom stereocenters. The second-order valence-electron chi connectivity index (χ2n) is 3.08. The fraction of sp³-hybridized carbons (Fsp3) is 0.333. The maximum Gasteiger partial charge on any atom is 0.288 e. The average molecular weight is 178 g/mol. The fourth-order valence-electron chi connectivity index (χ4n) is 1.51. The van der Waals surface area contributed by atoms with Crippen molar-refractivity contribution in [3.05, 3.63) is 40.4 Å². The third kappa shape index (κ3) is 1.35. The molecule has 1 atom stereocenters. The Morgan fingerprint density at radius 2 is 2.08 bits per heavy atom. The molecule has 0 radical (unpaired) electrons. The quantitative estimate of drug-likeness (QED) is 0.509. The molecule has 68 valence electrons. The average Bonchev–Trinajstić information content (AvgIpc) is 2.02. The zero-order valence-corrected chi connectivity index (χ0v) is 7.09. The number of benzene rings is 1. The van der Waals surface area contributed by atoms with E-state index in [-0.39, 0.29) is 4.92 Å². The van der Waals surface area contributed by atoms with Crippen molar-refractivity contribution in [1.82, 2.24) is 0 Å². The number of hydrogen-bond donors (Lipinski definition) is 0. The molecule has 0 spiro atoms. The third-order valence-electron chi connectivity index (χ3n) is 2.32. The smallest absolute Gasteiger partial charge is 0.288 e. The van der Waals surface area contributed by atoms with E-state index in [0.29, 0.717) is 6.42 Å². The first kappa shape index (κ1) is 8.04. The van der Waals surface area contributed by atoms with Crippen LogP contribution in [0.3, 0.4) is 0 Å². The lowest BCUT2D eigenvalue weighted by Gasteiger charge is -2.35. The maximum absolute atomic E-state index is 10.5. The molecule has 0 bridgehead atoms. The SMILES string of the molecule is O=[N+]([O-])C1CCN1c1ccccc1. The van der Waals surface area contributed by atoms with Crippen molar-refractivity contribution >= 4 is 5.69 Å². The van der Waals surface area contributed by atoms with Crippen LogP contribution in [0.25, 0.3) is 0 Å². The van der Waals surface area contributed by atoms with Crippen molar-refractivity contribution in [3.8, 4) is 0 Å². The van der Waals surface area contributed by atoms with Gasteiger partial charge in [-0.05, 0) is 12.1 Å². The van der Waals surface area contributed by atoms with Crippen LogP contribution in [0.1, 0.15) is 6.42 Å². The summed E-state index contributed by atoms with van der Waals surface area (Å²) in [7, 11) is 0. The van der Waals surface area contributed by atoms with E-state index in [4.69, 9.17) is 0 Å². The van der Waals surface area contributed by atoms with Crippen molar-refractivity contribution in [1.29, 1.82) is 0 Å². The van der Waals surface area contributed by atoms with Crippen LogP contribution in [0.15, 0.2) is 30.3 Å². The summed E-state index contributed by atoms with van der Waals surface area (Å²) in [6.45, 7) is 0.787. The summed E-state index contributed by atoms with van der Waals surface area (Å²) in [5.74, 6) is 0. The van der Waals surface area contributed by atoms with Gasteiger partial charge in [0.2, 0.25) is 0 Å². The van der Waals surface area contributed by atoms with Gasteiger partial charge in [0.1, 0.15) is 0 Å². The van der Waals surface area contributed by atoms with Crippen molar-refractivity contribution in [2.45, 2.75) is 12.6 Å². The molecule has 0 aliphatic carbocycles. The topological polar surface area (TPSA) is 46.4 Å². The van der Waals surface area contributed by atoms with Crippen LogP contribution in [-0.2, 0) is 0 Å². The van der Waals surface area contributed by atoms with Crippen LogP contribution in [0, 0.1) is 10.1 Å². The first-order valence-electron chi connectivity index (χ1n) is 4.24. The number of nitrogens with zero attached hydrogens (tertiary/aromatic N) is 2. The molecule has 1 fully saturated rings. The number of anilines is 1. The molecular weight excluding hydrogens is 168 g/mol. The molecule has 0 N–H and O–H groups in total. The molecule has 0 aromatic heterocycles. The molecule has 1 heterocycles. The van der Waals surface area contributed by atoms with E-state index in [1.54, 1.807) is 4.90 Å². The van der Waals surface area contributed by atoms with Crippen LogP contribution in [0.2, 0.25) is 0 Å². The van der Waals surface area contributed by atoms with Crippen molar-refractivity contribution in [2.24, 2.45) is 0 Å². The van der Waals surface area contributed by atoms with E-state index in [9.17, 15) is 10.1 Å². The highest BCUT2D eigenvalue weighted by atomic mass is 16.6. The van der Waals surface area contributed by atoms with Crippen molar-refractivity contribution in [3.63, 3.8) is 0 Å². The summed E-state index contributed by atoms with van der Waals surface area (Å²) < 4.78 is 0. The molecule has 1 saturated heterocycles. The van der Waals surface area contributed by atoms with Crippen molar-refractivity contribution < 1.29 is 4.92 Å². The zero-order valence-electron chi connectivity index (χ0n) is 7.09. The van der Waals surface area contributed by atoms with Crippen LogP contribution in [-0.4, -0.2) is 17.6 Å². The minimum Gasteiger partial charge on any atom is -0.310 e. The Morgan fingerprint density at radius 3 is 2.54 bits per heavy atom. The summed E-state index contributed by atoms with van der Waals surface area (Å²) in [4.78, 5) is 12.1. The molecule has 1 aromatic carbocycles. The Balaban J connectivity index is 2.15. The van der Waals surface area contributed by atoms with Crippen LogP contribution >= 0.6 is 0 Å². The fourth-order valence-corrected chi connectivity index (χ4v) is 1.51. The minimum atomic E-state index is -0.512. The second kappa shape index (κ2) is 3.05. The monoisotopic (exact) mass is 178 g/mol. The van der Waals surface area contributed by atoms with E-state index >= 15 is 0 Å². The molecule has 1 aliphatic heterocycles. The van der Waals surface area contributed by atoms with Gasteiger partial charge in [0.05, 0.1) is 6.42 Å². The molecule has 0 amide bonds. The van der Waals surface area contributed by atoms with Crippen LogP contribution in [0.5, 0.6) is 0 Å². The number of para-hydroxylation sites is 1. The zero-order chi connectivity index (χ0) is 9.26. The van der Waals surface area contributed by atoms with Gasteiger partial charge in [-0.1, -0.05) is 18.2 Å². The first-order valence-corrected chi connectivity index (χ1v) is 4.24. The van der Waals surface area contributed by atoms with Gasteiger partial charge in [-0.3, -0.25) is 10.1 Å². The normalized spacial score (nSPS) is 20.9. The molecule has 2 rings (SSSR count). The molecule has 1 aromatic rings. The predicted molar refractivity (Wildman–Crippen MR) is 49.2 cm³/mol. The van der Waals surface area contributed by atoms with Gasteiger partial charge in [0, 0.05) is 17.2 Å². The lowest BCUT2D eigenvalue weighted by atomic mass is 10.1. The van der Waals surface area contributed by atoms with Gasteiger partial charge in [0.15, 0.2) is 0 Å². The summed E-state index contributed by atoms with van der Waals surface area (Å²) in [5, 5.41) is 10.5. The lowest BCUT2D eigenvalue weighted by molar-refractivity contribution is -0.531. The van der Waals surface area contributed by atoms with Crippen LogP contribution < -0.4 is 4.90 Å². The van der Waals surface area contributed by atoms with Crippen LogP contribution in [0.4, 0.5) is 5.69 Å². The Kier molecular flexibility index (Phi) is 1.88. The highest BCUT2D eigenvalue weighted by molar-refractivity contribution is 5.48. The van der Waals surface area contributed by atoms with Gasteiger partial charge in [-0.15, -0.1) is 0 Å². The van der Waals surface area contributed by atoms with Gasteiger partial charge in [0.25, 0.3) is 6.17 Å². The molecular formula is C9H10N2O2. The van der Waals surface area contributed by atoms with Gasteiger partial charge >= 0.3 is 0 Å². The standard InChI is InChI=1S/C9H10N2O2/c12-11(13)9-6-7-10(9)8-4-2-1-3-5-8/h1-5,9H,6-7H2. The predicted octanol–water partition coefficient (Wildman–Crippen LogP) is 1.50. The number of rotatable bonds is 2. The highest BCUT2D eigenvalue weighted by Crippen LogP contribution is 2.25. The van der Waals surface area contributed by atoms with Crippen molar-refractivity contribution in [2.75, 3.05) is 11.4 Å². The van der Waals surface area contributed by atoms with E-state index in [2.05, 4.69) is 0 Å². The minimum absolute atomic E-state index is 0.226. The van der Waals surface area contributed by atoms with Gasteiger partial charge in [-0.25, -0.2) is 0 Å².